The van der Waals surface area contributed by atoms with Gasteiger partial charge in [0.1, 0.15) is 0 Å². The highest BCUT2D eigenvalue weighted by atomic mass is 32.2. The Labute approximate surface area is 250 Å². The van der Waals surface area contributed by atoms with Gasteiger partial charge in [-0.3, -0.25) is 9.69 Å². The molecular weight excluding hydrogens is 575 g/mol. The Hall–Kier alpha value is -3.21. The molecule has 0 aromatic heterocycles. The summed E-state index contributed by atoms with van der Waals surface area (Å²) in [4.78, 5) is 15.5. The smallest absolute Gasteiger partial charge is 0.349 e. The molecular formula is C33H36F3N3O3S. The van der Waals surface area contributed by atoms with E-state index in [1.54, 1.807) is 30.3 Å². The molecule has 0 radical (unpaired) electrons. The summed E-state index contributed by atoms with van der Waals surface area (Å²) < 4.78 is 68.7. The van der Waals surface area contributed by atoms with E-state index in [1.807, 2.05) is 0 Å². The van der Waals surface area contributed by atoms with Gasteiger partial charge in [-0.25, -0.2) is 13.1 Å². The molecule has 2 N–H and O–H groups in total. The van der Waals surface area contributed by atoms with Crippen LogP contribution < -0.4 is 10.0 Å². The molecule has 0 unspecified atom stereocenters. The van der Waals surface area contributed by atoms with Gasteiger partial charge in [0.25, 0.3) is 0 Å². The van der Waals surface area contributed by atoms with Crippen molar-refractivity contribution in [3.63, 3.8) is 0 Å². The molecule has 3 aromatic carbocycles. The van der Waals surface area contributed by atoms with E-state index in [0.29, 0.717) is 23.7 Å². The highest BCUT2D eigenvalue weighted by molar-refractivity contribution is 7.89. The number of benzene rings is 3. The first-order valence-corrected chi connectivity index (χ1v) is 16.5. The molecule has 228 valence electrons. The number of amides is 1. The van der Waals surface area contributed by atoms with Crippen molar-refractivity contribution in [2.24, 2.45) is 0 Å². The fraction of sp³-hybridized carbons (Fsp3) is 0.424. The van der Waals surface area contributed by atoms with Crippen LogP contribution in [0.3, 0.4) is 0 Å². The van der Waals surface area contributed by atoms with Gasteiger partial charge in [-0.15, -0.1) is 0 Å². The van der Waals surface area contributed by atoms with Crippen LogP contribution in [0.1, 0.15) is 84.8 Å². The summed E-state index contributed by atoms with van der Waals surface area (Å²) in [5, 5.41) is 3.11. The number of nitrogens with zero attached hydrogens (tertiary/aromatic N) is 1. The Bertz CT molecular complexity index is 1560. The van der Waals surface area contributed by atoms with E-state index in [4.69, 9.17) is 0 Å². The summed E-state index contributed by atoms with van der Waals surface area (Å²) in [6.07, 6.45) is 2.95. The maximum atomic E-state index is 13.4. The van der Waals surface area contributed by atoms with Crippen molar-refractivity contribution in [3.8, 4) is 0 Å². The zero-order chi connectivity index (χ0) is 30.2. The molecule has 2 heterocycles. The van der Waals surface area contributed by atoms with Gasteiger partial charge in [0, 0.05) is 25.0 Å². The lowest BCUT2D eigenvalue weighted by Crippen LogP contribution is -2.36. The number of carbonyl (C=O) groups is 1. The van der Waals surface area contributed by atoms with Crippen LogP contribution in [0.15, 0.2) is 77.7 Å². The normalized spacial score (nSPS) is 22.7. The van der Waals surface area contributed by atoms with Gasteiger partial charge in [0.05, 0.1) is 22.5 Å². The van der Waals surface area contributed by atoms with E-state index in [9.17, 15) is 26.4 Å². The second-order valence-corrected chi connectivity index (χ2v) is 13.7. The largest absolute Gasteiger partial charge is 0.416 e. The van der Waals surface area contributed by atoms with E-state index >= 15 is 0 Å². The van der Waals surface area contributed by atoms with Crippen LogP contribution in [0.4, 0.5) is 13.2 Å². The molecule has 3 aliphatic rings. The molecule has 10 heteroatoms. The Morgan fingerprint density at radius 1 is 0.907 bits per heavy atom. The van der Waals surface area contributed by atoms with Crippen LogP contribution in [0, 0.1) is 0 Å². The number of halogens is 3. The topological polar surface area (TPSA) is 78.5 Å². The van der Waals surface area contributed by atoms with Crippen LogP contribution in [0.5, 0.6) is 0 Å². The zero-order valence-corrected chi connectivity index (χ0v) is 24.6. The fourth-order valence-electron chi connectivity index (χ4n) is 7.05. The van der Waals surface area contributed by atoms with Crippen LogP contribution in [-0.4, -0.2) is 31.3 Å². The van der Waals surface area contributed by atoms with Crippen molar-refractivity contribution in [1.29, 1.82) is 0 Å². The number of fused-ring (bicyclic) bond motifs is 3. The van der Waals surface area contributed by atoms with Gasteiger partial charge in [-0.1, -0.05) is 54.6 Å². The zero-order valence-electron chi connectivity index (χ0n) is 23.8. The van der Waals surface area contributed by atoms with Crippen molar-refractivity contribution in [1.82, 2.24) is 14.9 Å². The van der Waals surface area contributed by atoms with E-state index in [1.165, 1.54) is 36.8 Å². The second-order valence-electron chi connectivity index (χ2n) is 12.0. The Morgan fingerprint density at radius 2 is 1.63 bits per heavy atom. The van der Waals surface area contributed by atoms with Crippen LogP contribution in [0.2, 0.25) is 0 Å². The number of alkyl halides is 3. The SMILES string of the molecule is O=C(C[C@@H](NS(=O)(=O)c1cccc(C(F)(F)F)c1)c1ccccc1)N[C@@H]1CCCc2cc(CN3C4CCC3CC4)ccc21. The lowest BCUT2D eigenvalue weighted by atomic mass is 9.86. The van der Waals surface area contributed by atoms with E-state index < -0.39 is 32.7 Å². The van der Waals surface area contributed by atoms with Gasteiger partial charge in [-0.05, 0) is 85.4 Å². The fourth-order valence-corrected chi connectivity index (χ4v) is 8.32. The first kappa shape index (κ1) is 29.8. The van der Waals surface area contributed by atoms with E-state index in [2.05, 4.69) is 33.1 Å². The summed E-state index contributed by atoms with van der Waals surface area (Å²) in [5.74, 6) is -0.337. The van der Waals surface area contributed by atoms with Gasteiger partial charge in [0.15, 0.2) is 0 Å². The van der Waals surface area contributed by atoms with E-state index in [-0.39, 0.29) is 18.4 Å². The average Bonchev–Trinajstić information content (AvgIpc) is 3.55. The molecule has 0 spiro atoms. The maximum absolute atomic E-state index is 13.4. The predicted octanol–water partition coefficient (Wildman–Crippen LogP) is 6.44. The van der Waals surface area contributed by atoms with Gasteiger partial charge < -0.3 is 5.32 Å². The van der Waals surface area contributed by atoms with Gasteiger partial charge >= 0.3 is 6.18 Å². The molecule has 2 aliphatic heterocycles. The number of nitrogens with one attached hydrogen (secondary N) is 2. The minimum atomic E-state index is -4.69. The summed E-state index contributed by atoms with van der Waals surface area (Å²) in [7, 11) is -4.37. The van der Waals surface area contributed by atoms with Crippen LogP contribution in [0.25, 0.3) is 0 Å². The number of hydrogen-bond acceptors (Lipinski definition) is 4. The number of hydrogen-bond donors (Lipinski definition) is 2. The minimum Gasteiger partial charge on any atom is -0.349 e. The lowest BCUT2D eigenvalue weighted by molar-refractivity contribution is -0.137. The third kappa shape index (κ3) is 6.66. The molecule has 1 aliphatic carbocycles. The molecule has 2 bridgehead atoms. The Kier molecular flexibility index (Phi) is 8.37. The minimum absolute atomic E-state index is 0.190. The molecule has 0 saturated carbocycles. The monoisotopic (exact) mass is 611 g/mol. The molecule has 43 heavy (non-hydrogen) atoms. The molecule has 2 saturated heterocycles. The predicted molar refractivity (Wildman–Crippen MR) is 157 cm³/mol. The lowest BCUT2D eigenvalue weighted by Gasteiger charge is -2.29. The number of carbonyl (C=O) groups excluding carboxylic acids is 1. The standard InChI is InChI=1S/C33H36F3N3O3S/c34-33(35,36)25-9-5-10-28(19-25)43(41,42)38-31(23-6-2-1-3-7-23)20-32(40)37-30-11-4-8-24-18-22(12-17-29(24)30)21-39-26-13-14-27(39)16-15-26/h1-3,5-7,9-10,12,17-19,26-27,30-31,38H,4,8,11,13-16,20-21H2,(H,37,40)/t26?,27?,30-,31-/m1/s1. The Balaban J connectivity index is 1.16. The van der Waals surface area contributed by atoms with Crippen molar-refractivity contribution < 1.29 is 26.4 Å². The average molecular weight is 612 g/mol. The van der Waals surface area contributed by atoms with Gasteiger partial charge in [0.2, 0.25) is 15.9 Å². The van der Waals surface area contributed by atoms with Crippen molar-refractivity contribution in [2.45, 2.75) is 93.2 Å². The van der Waals surface area contributed by atoms with Gasteiger partial charge in [-0.2, -0.15) is 13.2 Å². The van der Waals surface area contributed by atoms with Crippen molar-refractivity contribution in [3.05, 3.63) is 101 Å². The summed E-state index contributed by atoms with van der Waals surface area (Å²) in [6.45, 7) is 0.963. The number of sulfonamides is 1. The molecule has 3 aromatic rings. The molecule has 1 amide bonds. The quantitative estimate of drug-likeness (QED) is 0.292. The second kappa shape index (κ2) is 12.1. The van der Waals surface area contributed by atoms with Crippen molar-refractivity contribution >= 4 is 15.9 Å². The number of rotatable bonds is 9. The highest BCUT2D eigenvalue weighted by Crippen LogP contribution is 2.39. The van der Waals surface area contributed by atoms with E-state index in [0.717, 1.165) is 49.6 Å². The third-order valence-electron chi connectivity index (χ3n) is 9.19. The molecule has 6 rings (SSSR count). The third-order valence-corrected chi connectivity index (χ3v) is 10.7. The summed E-state index contributed by atoms with van der Waals surface area (Å²) in [5.41, 5.74) is 3.12. The van der Waals surface area contributed by atoms with Crippen molar-refractivity contribution in [2.75, 3.05) is 0 Å². The first-order valence-electron chi connectivity index (χ1n) is 15.0. The Morgan fingerprint density at radius 3 is 2.33 bits per heavy atom. The first-order chi connectivity index (χ1) is 20.6. The molecule has 2 fully saturated rings. The summed E-state index contributed by atoms with van der Waals surface area (Å²) in [6, 6.07) is 19.0. The highest BCUT2D eigenvalue weighted by Gasteiger charge is 2.39. The molecule has 2 atom stereocenters. The van der Waals surface area contributed by atoms with Crippen LogP contribution >= 0.6 is 0 Å². The van der Waals surface area contributed by atoms with Crippen LogP contribution in [-0.2, 0) is 34.0 Å². The summed E-state index contributed by atoms with van der Waals surface area (Å²) >= 11 is 0. The maximum Gasteiger partial charge on any atom is 0.416 e. The number of aryl methyl sites for hydroxylation is 1. The molecule has 6 nitrogen and oxygen atoms in total.